The molecule has 0 radical (unpaired) electrons. The van der Waals surface area contributed by atoms with Gasteiger partial charge >= 0.3 is 0 Å². The number of anilines is 1. The van der Waals surface area contributed by atoms with E-state index in [2.05, 4.69) is 93.7 Å². The largest absolute Gasteiger partial charge is 0.413 e. The van der Waals surface area contributed by atoms with Gasteiger partial charge in [-0.25, -0.2) is 0 Å². The molecule has 1 aromatic carbocycles. The monoisotopic (exact) mass is 386 g/mol. The standard InChI is InChI=1S/C23H38N2OSi/c1-8-9-11-20-12-10-13-21(18-20)24(5)16-17-25-15-14-22(19-25)26-27(6,7)23(2,3)4/h10,12-13,18,22H,8,14-17,19H2,1-7H3/t22-/m0/s1. The molecule has 0 aromatic heterocycles. The SMILES string of the molecule is CCC#Cc1cccc(N(C)CCN2CC[C@H](O[Si](C)(C)C(C)(C)C)C2)c1. The van der Waals surface area contributed by atoms with Gasteiger partial charge in [-0.2, -0.15) is 0 Å². The lowest BCUT2D eigenvalue weighted by Crippen LogP contribution is -2.44. The van der Waals surface area contributed by atoms with Crippen molar-refractivity contribution in [3.8, 4) is 11.8 Å². The molecule has 150 valence electrons. The van der Waals surface area contributed by atoms with Gasteiger partial charge in [0.2, 0.25) is 0 Å². The summed E-state index contributed by atoms with van der Waals surface area (Å²) in [5, 5.41) is 0.284. The lowest BCUT2D eigenvalue weighted by Gasteiger charge is -2.38. The summed E-state index contributed by atoms with van der Waals surface area (Å²) in [6, 6.07) is 8.55. The number of likely N-dealkylation sites (N-methyl/N-ethyl adjacent to an activating group) is 1. The van der Waals surface area contributed by atoms with Crippen LogP contribution in [0.2, 0.25) is 18.1 Å². The second kappa shape index (κ2) is 9.27. The van der Waals surface area contributed by atoms with Gasteiger partial charge in [0.1, 0.15) is 0 Å². The minimum Gasteiger partial charge on any atom is -0.413 e. The Hall–Kier alpha value is -1.28. The van der Waals surface area contributed by atoms with E-state index < -0.39 is 8.32 Å². The molecule has 27 heavy (non-hydrogen) atoms. The molecular formula is C23H38N2OSi. The highest BCUT2D eigenvalue weighted by atomic mass is 28.4. The van der Waals surface area contributed by atoms with Crippen LogP contribution in [0.25, 0.3) is 0 Å². The minimum absolute atomic E-state index is 0.284. The van der Waals surface area contributed by atoms with Crippen molar-refractivity contribution in [2.45, 2.75) is 64.8 Å². The fourth-order valence-electron chi connectivity index (χ4n) is 3.12. The Morgan fingerprint density at radius 2 is 2.04 bits per heavy atom. The molecule has 0 aliphatic carbocycles. The maximum atomic E-state index is 6.61. The molecule has 0 amide bonds. The van der Waals surface area contributed by atoms with Crippen molar-refractivity contribution in [3.63, 3.8) is 0 Å². The van der Waals surface area contributed by atoms with Crippen molar-refractivity contribution >= 4 is 14.0 Å². The number of likely N-dealkylation sites (tertiary alicyclic amines) is 1. The number of hydrogen-bond acceptors (Lipinski definition) is 3. The van der Waals surface area contributed by atoms with Crippen LogP contribution in [-0.2, 0) is 4.43 Å². The zero-order chi connectivity index (χ0) is 20.1. The third kappa shape index (κ3) is 6.38. The van der Waals surface area contributed by atoms with E-state index >= 15 is 0 Å². The Bertz CT molecular complexity index is 669. The molecule has 4 heteroatoms. The second-order valence-corrected chi connectivity index (χ2v) is 14.0. The van der Waals surface area contributed by atoms with E-state index in [4.69, 9.17) is 4.43 Å². The number of benzene rings is 1. The van der Waals surface area contributed by atoms with Gasteiger partial charge in [-0.05, 0) is 42.8 Å². The van der Waals surface area contributed by atoms with Crippen LogP contribution in [0.15, 0.2) is 24.3 Å². The molecule has 0 N–H and O–H groups in total. The third-order valence-corrected chi connectivity index (χ3v) is 10.5. The molecule has 1 saturated heterocycles. The van der Waals surface area contributed by atoms with Gasteiger partial charge in [0.05, 0.1) is 6.10 Å². The summed E-state index contributed by atoms with van der Waals surface area (Å²) < 4.78 is 6.61. The highest BCUT2D eigenvalue weighted by molar-refractivity contribution is 6.74. The van der Waals surface area contributed by atoms with Crippen LogP contribution in [0.1, 0.15) is 46.1 Å². The average molecular weight is 387 g/mol. The Morgan fingerprint density at radius 3 is 2.70 bits per heavy atom. The summed E-state index contributed by atoms with van der Waals surface area (Å²) in [5.74, 6) is 6.38. The molecule has 1 fully saturated rings. The molecule has 1 aromatic rings. The fraction of sp³-hybridized carbons (Fsp3) is 0.652. The first-order valence-corrected chi connectivity index (χ1v) is 13.2. The molecule has 0 saturated carbocycles. The number of hydrogen-bond donors (Lipinski definition) is 0. The van der Waals surface area contributed by atoms with Crippen molar-refractivity contribution in [1.82, 2.24) is 4.90 Å². The van der Waals surface area contributed by atoms with Gasteiger partial charge in [0.15, 0.2) is 8.32 Å². The van der Waals surface area contributed by atoms with Crippen molar-refractivity contribution < 1.29 is 4.43 Å². The Labute approximate surface area is 168 Å². The van der Waals surface area contributed by atoms with Gasteiger partial charge < -0.3 is 9.33 Å². The molecule has 0 unspecified atom stereocenters. The van der Waals surface area contributed by atoms with Crippen LogP contribution in [0.4, 0.5) is 5.69 Å². The Balaban J connectivity index is 1.84. The summed E-state index contributed by atoms with van der Waals surface area (Å²) in [5.41, 5.74) is 2.34. The first-order valence-electron chi connectivity index (χ1n) is 10.3. The van der Waals surface area contributed by atoms with Crippen LogP contribution in [0.3, 0.4) is 0 Å². The lowest BCUT2D eigenvalue weighted by atomic mass is 10.2. The smallest absolute Gasteiger partial charge is 0.192 e. The highest BCUT2D eigenvalue weighted by Crippen LogP contribution is 2.38. The topological polar surface area (TPSA) is 15.7 Å². The summed E-state index contributed by atoms with van der Waals surface area (Å²) in [6.07, 6.45) is 2.47. The van der Waals surface area contributed by atoms with E-state index in [1.807, 2.05) is 0 Å². The zero-order valence-electron chi connectivity index (χ0n) is 18.4. The fourth-order valence-corrected chi connectivity index (χ4v) is 4.50. The molecule has 1 aliphatic rings. The maximum absolute atomic E-state index is 6.61. The van der Waals surface area contributed by atoms with E-state index in [0.29, 0.717) is 6.10 Å². The van der Waals surface area contributed by atoms with E-state index in [-0.39, 0.29) is 5.04 Å². The van der Waals surface area contributed by atoms with Crippen LogP contribution in [0, 0.1) is 11.8 Å². The average Bonchev–Trinajstić information content (AvgIpc) is 3.03. The Morgan fingerprint density at radius 1 is 1.30 bits per heavy atom. The predicted molar refractivity (Wildman–Crippen MR) is 120 cm³/mol. The molecule has 1 aliphatic heterocycles. The van der Waals surface area contributed by atoms with E-state index in [0.717, 1.165) is 44.6 Å². The van der Waals surface area contributed by atoms with Gasteiger partial charge in [0, 0.05) is 50.9 Å². The summed E-state index contributed by atoms with van der Waals surface area (Å²) in [6.45, 7) is 18.1. The van der Waals surface area contributed by atoms with Gasteiger partial charge in [-0.1, -0.05) is 45.6 Å². The number of rotatable bonds is 6. The molecule has 0 spiro atoms. The molecule has 2 rings (SSSR count). The van der Waals surface area contributed by atoms with E-state index in [9.17, 15) is 0 Å². The normalized spacial score (nSPS) is 18.3. The van der Waals surface area contributed by atoms with Crippen LogP contribution in [0.5, 0.6) is 0 Å². The highest BCUT2D eigenvalue weighted by Gasteiger charge is 2.40. The van der Waals surface area contributed by atoms with E-state index in [1.54, 1.807) is 0 Å². The molecule has 3 nitrogen and oxygen atoms in total. The third-order valence-electron chi connectivity index (χ3n) is 5.94. The molecule has 0 bridgehead atoms. The first kappa shape index (κ1) is 22.0. The van der Waals surface area contributed by atoms with Gasteiger partial charge in [-0.15, -0.1) is 0 Å². The van der Waals surface area contributed by atoms with Crippen LogP contribution in [-0.4, -0.2) is 52.5 Å². The minimum atomic E-state index is -1.66. The van der Waals surface area contributed by atoms with Crippen molar-refractivity contribution in [2.24, 2.45) is 0 Å². The van der Waals surface area contributed by atoms with Crippen molar-refractivity contribution in [1.29, 1.82) is 0 Å². The zero-order valence-corrected chi connectivity index (χ0v) is 19.4. The first-order chi connectivity index (χ1) is 12.6. The second-order valence-electron chi connectivity index (χ2n) is 9.22. The summed E-state index contributed by atoms with van der Waals surface area (Å²) >= 11 is 0. The summed E-state index contributed by atoms with van der Waals surface area (Å²) in [7, 11) is 0.508. The lowest BCUT2D eigenvalue weighted by molar-refractivity contribution is 0.182. The Kier molecular flexibility index (Phi) is 7.56. The van der Waals surface area contributed by atoms with Crippen LogP contribution >= 0.6 is 0 Å². The van der Waals surface area contributed by atoms with Crippen LogP contribution < -0.4 is 4.90 Å². The van der Waals surface area contributed by atoms with Gasteiger partial charge in [-0.3, -0.25) is 4.90 Å². The molecule has 1 heterocycles. The number of nitrogens with zero attached hydrogens (tertiary/aromatic N) is 2. The van der Waals surface area contributed by atoms with Crippen molar-refractivity contribution in [3.05, 3.63) is 29.8 Å². The van der Waals surface area contributed by atoms with Gasteiger partial charge in [0.25, 0.3) is 0 Å². The van der Waals surface area contributed by atoms with E-state index in [1.165, 1.54) is 5.69 Å². The quantitative estimate of drug-likeness (QED) is 0.506. The summed E-state index contributed by atoms with van der Waals surface area (Å²) in [4.78, 5) is 4.88. The predicted octanol–water partition coefficient (Wildman–Crippen LogP) is 4.98. The molecule has 1 atom stereocenters. The maximum Gasteiger partial charge on any atom is 0.192 e. The van der Waals surface area contributed by atoms with Crippen molar-refractivity contribution in [2.75, 3.05) is 38.1 Å². The molecular weight excluding hydrogens is 348 g/mol.